The molecule has 29 heavy (non-hydrogen) atoms. The van der Waals surface area contributed by atoms with E-state index < -0.39 is 0 Å². The average molecular weight is 387 g/mol. The third-order valence-electron chi connectivity index (χ3n) is 5.34. The molecule has 2 aromatic carbocycles. The standard InChI is InChI=1S/C24H25N3O2/c25-18-20(24-21-10-4-6-12-23(21)29-26-24)17-19-9-3-5-11-22(19)28-16-15-27-13-7-1-2-8-14-27/h3-6,9-12,17H,1-2,7-8,13-16H2/b20-17+. The SMILES string of the molecule is N#C/C(=C\c1ccccc1OCCN1CCCCCC1)c1noc2ccccc12. The number of hydrogen-bond donors (Lipinski definition) is 0. The fourth-order valence-electron chi connectivity index (χ4n) is 3.76. The summed E-state index contributed by atoms with van der Waals surface area (Å²) in [5.74, 6) is 0.780. The molecule has 1 saturated heterocycles. The molecule has 0 aliphatic carbocycles. The number of rotatable bonds is 6. The Kier molecular flexibility index (Phi) is 6.23. The van der Waals surface area contributed by atoms with Gasteiger partial charge < -0.3 is 9.26 Å². The Labute approximate surface area is 171 Å². The molecule has 0 atom stereocenters. The van der Waals surface area contributed by atoms with Crippen LogP contribution in [-0.2, 0) is 0 Å². The van der Waals surface area contributed by atoms with E-state index in [-0.39, 0.29) is 0 Å². The molecule has 4 rings (SSSR count). The van der Waals surface area contributed by atoms with Crippen LogP contribution in [0.3, 0.4) is 0 Å². The molecule has 0 amide bonds. The Morgan fingerprint density at radius 1 is 1.07 bits per heavy atom. The molecule has 0 spiro atoms. The summed E-state index contributed by atoms with van der Waals surface area (Å²) in [5, 5.41) is 14.7. The van der Waals surface area contributed by atoms with Crippen LogP contribution >= 0.6 is 0 Å². The van der Waals surface area contributed by atoms with E-state index in [1.165, 1.54) is 25.7 Å². The first-order valence-electron chi connectivity index (χ1n) is 10.3. The second kappa shape index (κ2) is 9.40. The zero-order valence-electron chi connectivity index (χ0n) is 16.5. The van der Waals surface area contributed by atoms with Crippen molar-refractivity contribution in [2.24, 2.45) is 0 Å². The molecule has 148 valence electrons. The molecule has 5 heteroatoms. The fourth-order valence-corrected chi connectivity index (χ4v) is 3.76. The molecule has 5 nitrogen and oxygen atoms in total. The third kappa shape index (κ3) is 4.67. The van der Waals surface area contributed by atoms with E-state index in [2.05, 4.69) is 16.1 Å². The van der Waals surface area contributed by atoms with E-state index in [1.807, 2.05) is 54.6 Å². The van der Waals surface area contributed by atoms with Crippen LogP contribution in [0.5, 0.6) is 5.75 Å². The summed E-state index contributed by atoms with van der Waals surface area (Å²) in [7, 11) is 0. The van der Waals surface area contributed by atoms with Crippen LogP contribution < -0.4 is 4.74 Å². The van der Waals surface area contributed by atoms with Crippen molar-refractivity contribution in [2.75, 3.05) is 26.2 Å². The minimum absolute atomic E-state index is 0.457. The largest absolute Gasteiger partial charge is 0.492 e. The highest BCUT2D eigenvalue weighted by atomic mass is 16.5. The van der Waals surface area contributed by atoms with Gasteiger partial charge in [-0.3, -0.25) is 4.90 Å². The molecular weight excluding hydrogens is 362 g/mol. The molecule has 2 heterocycles. The normalized spacial score (nSPS) is 15.8. The highest BCUT2D eigenvalue weighted by molar-refractivity contribution is 5.99. The lowest BCUT2D eigenvalue weighted by Gasteiger charge is -2.20. The summed E-state index contributed by atoms with van der Waals surface area (Å²) in [6, 6.07) is 17.6. The molecule has 0 N–H and O–H groups in total. The fraction of sp³-hybridized carbons (Fsp3) is 0.333. The Balaban J connectivity index is 1.51. The Bertz CT molecular complexity index is 1020. The molecule has 0 saturated carbocycles. The van der Waals surface area contributed by atoms with Gasteiger partial charge in [-0.05, 0) is 50.2 Å². The maximum atomic E-state index is 9.73. The van der Waals surface area contributed by atoms with Crippen LogP contribution in [0.2, 0.25) is 0 Å². The quantitative estimate of drug-likeness (QED) is 0.548. The summed E-state index contributed by atoms with van der Waals surface area (Å²) in [6.07, 6.45) is 7.04. The topological polar surface area (TPSA) is 62.3 Å². The van der Waals surface area contributed by atoms with E-state index in [0.29, 0.717) is 23.5 Å². The first-order valence-corrected chi connectivity index (χ1v) is 10.3. The van der Waals surface area contributed by atoms with Crippen LogP contribution in [0, 0.1) is 11.3 Å². The van der Waals surface area contributed by atoms with Crippen molar-refractivity contribution in [3.8, 4) is 11.8 Å². The van der Waals surface area contributed by atoms with Gasteiger partial charge in [-0.15, -0.1) is 0 Å². The molecule has 1 aromatic heterocycles. The van der Waals surface area contributed by atoms with Crippen molar-refractivity contribution >= 4 is 22.6 Å². The van der Waals surface area contributed by atoms with Crippen LogP contribution in [0.4, 0.5) is 0 Å². The second-order valence-corrected chi connectivity index (χ2v) is 7.34. The van der Waals surface area contributed by atoms with Gasteiger partial charge in [-0.25, -0.2) is 0 Å². The van der Waals surface area contributed by atoms with Gasteiger partial charge in [0.25, 0.3) is 0 Å². The van der Waals surface area contributed by atoms with Crippen LogP contribution in [0.25, 0.3) is 22.6 Å². The number of ether oxygens (including phenoxy) is 1. The van der Waals surface area contributed by atoms with Crippen molar-refractivity contribution in [2.45, 2.75) is 25.7 Å². The van der Waals surface area contributed by atoms with E-state index >= 15 is 0 Å². The number of allylic oxidation sites excluding steroid dienone is 1. The molecule has 1 aliphatic heterocycles. The molecule has 0 unspecified atom stereocenters. The zero-order chi connectivity index (χ0) is 19.9. The number of nitriles is 1. The molecule has 1 aliphatic rings. The average Bonchev–Trinajstić information content (AvgIpc) is 3.01. The number of nitrogens with zero attached hydrogens (tertiary/aromatic N) is 3. The summed E-state index contributed by atoms with van der Waals surface area (Å²) >= 11 is 0. The summed E-state index contributed by atoms with van der Waals surface area (Å²) in [5.41, 5.74) is 2.55. The van der Waals surface area contributed by atoms with Crippen molar-refractivity contribution in [1.29, 1.82) is 5.26 Å². The van der Waals surface area contributed by atoms with Crippen molar-refractivity contribution < 1.29 is 9.26 Å². The third-order valence-corrected chi connectivity index (χ3v) is 5.34. The number of fused-ring (bicyclic) bond motifs is 1. The number of hydrogen-bond acceptors (Lipinski definition) is 5. The van der Waals surface area contributed by atoms with Gasteiger partial charge >= 0.3 is 0 Å². The lowest BCUT2D eigenvalue weighted by Crippen LogP contribution is -2.29. The minimum atomic E-state index is 0.457. The Morgan fingerprint density at radius 2 is 1.83 bits per heavy atom. The van der Waals surface area contributed by atoms with Crippen molar-refractivity contribution in [1.82, 2.24) is 10.1 Å². The summed E-state index contributed by atoms with van der Waals surface area (Å²) < 4.78 is 11.5. The highest BCUT2D eigenvalue weighted by Gasteiger charge is 2.14. The van der Waals surface area contributed by atoms with E-state index in [1.54, 1.807) is 0 Å². The zero-order valence-corrected chi connectivity index (χ0v) is 16.5. The minimum Gasteiger partial charge on any atom is -0.492 e. The number of benzene rings is 2. The molecule has 1 fully saturated rings. The van der Waals surface area contributed by atoms with Gasteiger partial charge in [0.1, 0.15) is 24.1 Å². The highest BCUT2D eigenvalue weighted by Crippen LogP contribution is 2.28. The van der Waals surface area contributed by atoms with Crippen molar-refractivity contribution in [3.05, 3.63) is 59.8 Å². The van der Waals surface area contributed by atoms with Crippen molar-refractivity contribution in [3.63, 3.8) is 0 Å². The maximum Gasteiger partial charge on any atom is 0.167 e. The van der Waals surface area contributed by atoms with E-state index in [0.717, 1.165) is 36.3 Å². The number of para-hydroxylation sites is 2. The van der Waals surface area contributed by atoms with Gasteiger partial charge in [0.15, 0.2) is 5.58 Å². The smallest absolute Gasteiger partial charge is 0.167 e. The number of likely N-dealkylation sites (tertiary alicyclic amines) is 1. The maximum absolute atomic E-state index is 9.73. The number of aromatic nitrogens is 1. The molecule has 3 aromatic rings. The van der Waals surface area contributed by atoms with E-state index in [9.17, 15) is 5.26 Å². The first-order chi connectivity index (χ1) is 14.3. The lowest BCUT2D eigenvalue weighted by atomic mass is 10.1. The predicted octanol–water partition coefficient (Wildman–Crippen LogP) is 5.15. The van der Waals surface area contributed by atoms with Crippen LogP contribution in [0.15, 0.2) is 53.1 Å². The van der Waals surface area contributed by atoms with Gasteiger partial charge in [-0.2, -0.15) is 5.26 Å². The van der Waals surface area contributed by atoms with Gasteiger partial charge in [0.2, 0.25) is 0 Å². The second-order valence-electron chi connectivity index (χ2n) is 7.34. The molecular formula is C24H25N3O2. The first kappa shape index (κ1) is 19.2. The lowest BCUT2D eigenvalue weighted by molar-refractivity contribution is 0.214. The van der Waals surface area contributed by atoms with Crippen LogP contribution in [0.1, 0.15) is 36.9 Å². The molecule has 0 radical (unpaired) electrons. The Morgan fingerprint density at radius 3 is 2.66 bits per heavy atom. The monoisotopic (exact) mass is 387 g/mol. The Hall–Kier alpha value is -3.10. The van der Waals surface area contributed by atoms with Gasteiger partial charge in [0.05, 0.1) is 11.0 Å². The van der Waals surface area contributed by atoms with Gasteiger partial charge in [0, 0.05) is 12.1 Å². The predicted molar refractivity (Wildman–Crippen MR) is 114 cm³/mol. The molecule has 0 bridgehead atoms. The van der Waals surface area contributed by atoms with Crippen LogP contribution in [-0.4, -0.2) is 36.3 Å². The summed E-state index contributed by atoms with van der Waals surface area (Å²) in [4.78, 5) is 2.48. The van der Waals surface area contributed by atoms with Gasteiger partial charge in [-0.1, -0.05) is 48.3 Å². The van der Waals surface area contributed by atoms with E-state index in [4.69, 9.17) is 9.26 Å². The summed E-state index contributed by atoms with van der Waals surface area (Å²) in [6.45, 7) is 3.88.